The maximum Gasteiger partial charge on any atom is 0.150 e. The van der Waals surface area contributed by atoms with E-state index < -0.39 is 0 Å². The van der Waals surface area contributed by atoms with Crippen molar-refractivity contribution in [3.63, 3.8) is 0 Å². The predicted molar refractivity (Wildman–Crippen MR) is 67.8 cm³/mol. The first-order valence-corrected chi connectivity index (χ1v) is 5.96. The molecule has 1 aromatic heterocycles. The molecule has 0 atom stereocenters. The van der Waals surface area contributed by atoms with E-state index in [4.69, 9.17) is 0 Å². The lowest BCUT2D eigenvalue weighted by Gasteiger charge is -2.17. The molecule has 0 unspecified atom stereocenters. The van der Waals surface area contributed by atoms with Gasteiger partial charge in [-0.05, 0) is 38.6 Å². The summed E-state index contributed by atoms with van der Waals surface area (Å²) in [5.41, 5.74) is 1.08. The van der Waals surface area contributed by atoms with E-state index in [-0.39, 0.29) is 0 Å². The van der Waals surface area contributed by atoms with Gasteiger partial charge in [0.2, 0.25) is 0 Å². The number of nitrogens with zero attached hydrogens (tertiary/aromatic N) is 3. The molecule has 0 fully saturated rings. The molecule has 1 heterocycles. The fraction of sp³-hybridized carbons (Fsp3) is 0.667. The van der Waals surface area contributed by atoms with Crippen molar-refractivity contribution in [2.75, 3.05) is 32.1 Å². The van der Waals surface area contributed by atoms with Crippen molar-refractivity contribution in [3.8, 4) is 0 Å². The number of anilines is 1. The van der Waals surface area contributed by atoms with Gasteiger partial charge in [-0.3, -0.25) is 0 Å². The molecule has 0 aliphatic heterocycles. The van der Waals surface area contributed by atoms with Gasteiger partial charge >= 0.3 is 0 Å². The molecular weight excluding hydrogens is 200 g/mol. The molecule has 1 N–H and O–H groups in total. The number of hydrogen-bond acceptors (Lipinski definition) is 4. The van der Waals surface area contributed by atoms with Crippen LogP contribution in [0.5, 0.6) is 0 Å². The zero-order valence-corrected chi connectivity index (χ0v) is 10.5. The Kier molecular flexibility index (Phi) is 5.78. The second kappa shape index (κ2) is 7.17. The van der Waals surface area contributed by atoms with Crippen LogP contribution in [0.15, 0.2) is 12.1 Å². The number of aromatic nitrogens is 2. The zero-order valence-electron chi connectivity index (χ0n) is 10.5. The van der Waals surface area contributed by atoms with Crippen LogP contribution < -0.4 is 10.2 Å². The van der Waals surface area contributed by atoms with E-state index in [1.54, 1.807) is 0 Å². The van der Waals surface area contributed by atoms with Gasteiger partial charge in [0.25, 0.3) is 0 Å². The number of hydrogen-bond donors (Lipinski definition) is 1. The van der Waals surface area contributed by atoms with Crippen LogP contribution in [0.25, 0.3) is 0 Å². The topological polar surface area (TPSA) is 41.0 Å². The van der Waals surface area contributed by atoms with Crippen LogP contribution in [0, 0.1) is 0 Å². The minimum atomic E-state index is 0.955. The highest BCUT2D eigenvalue weighted by atomic mass is 15.2. The van der Waals surface area contributed by atoms with Crippen LogP contribution in [0.2, 0.25) is 0 Å². The van der Waals surface area contributed by atoms with E-state index in [9.17, 15) is 0 Å². The molecule has 4 heteroatoms. The molecule has 0 amide bonds. The Hall–Kier alpha value is -1.16. The second-order valence-corrected chi connectivity index (χ2v) is 4.01. The van der Waals surface area contributed by atoms with E-state index in [0.717, 1.165) is 43.9 Å². The summed E-state index contributed by atoms with van der Waals surface area (Å²) in [7, 11) is 4.03. The fourth-order valence-electron chi connectivity index (χ4n) is 1.55. The van der Waals surface area contributed by atoms with Crippen molar-refractivity contribution in [2.24, 2.45) is 0 Å². The molecule has 0 aliphatic rings. The third-order valence-corrected chi connectivity index (χ3v) is 2.52. The third kappa shape index (κ3) is 4.14. The predicted octanol–water partition coefficient (Wildman–Crippen LogP) is 1.47. The summed E-state index contributed by atoms with van der Waals surface area (Å²) < 4.78 is 0. The standard InChI is InChI=1S/C12H22N4/c1-4-6-11-7-8-12(15-14-11)16(3)10-5-9-13-2/h7-8,13H,4-6,9-10H2,1-3H3. The molecule has 1 aromatic rings. The first-order chi connectivity index (χ1) is 7.77. The molecule has 0 aliphatic carbocycles. The van der Waals surface area contributed by atoms with E-state index in [0.29, 0.717) is 0 Å². The summed E-state index contributed by atoms with van der Waals surface area (Å²) >= 11 is 0. The SMILES string of the molecule is CCCc1ccc(N(C)CCCNC)nn1. The lowest BCUT2D eigenvalue weighted by molar-refractivity contribution is 0.704. The number of nitrogens with one attached hydrogen (secondary N) is 1. The summed E-state index contributed by atoms with van der Waals surface area (Å²) in [6.07, 6.45) is 3.24. The largest absolute Gasteiger partial charge is 0.358 e. The van der Waals surface area contributed by atoms with Crippen LogP contribution in [0.4, 0.5) is 5.82 Å². The highest BCUT2D eigenvalue weighted by Gasteiger charge is 2.02. The summed E-state index contributed by atoms with van der Waals surface area (Å²) in [5.74, 6) is 0.955. The van der Waals surface area contributed by atoms with Crippen LogP contribution in [0.3, 0.4) is 0 Å². The first-order valence-electron chi connectivity index (χ1n) is 5.96. The average molecular weight is 222 g/mol. The minimum absolute atomic E-state index is 0.955. The molecule has 0 saturated heterocycles. The van der Waals surface area contributed by atoms with Gasteiger partial charge in [0.1, 0.15) is 0 Å². The van der Waals surface area contributed by atoms with Gasteiger partial charge < -0.3 is 10.2 Å². The third-order valence-electron chi connectivity index (χ3n) is 2.52. The summed E-state index contributed by atoms with van der Waals surface area (Å²) in [6.45, 7) is 4.19. The molecule has 0 spiro atoms. The van der Waals surface area contributed by atoms with Gasteiger partial charge in [-0.25, -0.2) is 0 Å². The molecule has 90 valence electrons. The van der Waals surface area contributed by atoms with Crippen molar-refractivity contribution in [1.29, 1.82) is 0 Å². The number of aryl methyl sites for hydroxylation is 1. The second-order valence-electron chi connectivity index (χ2n) is 4.01. The number of rotatable bonds is 7. The molecule has 0 bridgehead atoms. The Labute approximate surface area is 98.1 Å². The zero-order chi connectivity index (χ0) is 11.8. The summed E-state index contributed by atoms with van der Waals surface area (Å²) in [6, 6.07) is 4.12. The van der Waals surface area contributed by atoms with Crippen LogP contribution >= 0.6 is 0 Å². The Bertz CT molecular complexity index is 284. The van der Waals surface area contributed by atoms with Gasteiger partial charge in [0.15, 0.2) is 5.82 Å². The van der Waals surface area contributed by atoms with Crippen molar-refractivity contribution < 1.29 is 0 Å². The lowest BCUT2D eigenvalue weighted by atomic mass is 10.2. The Morgan fingerprint density at radius 3 is 2.69 bits per heavy atom. The highest BCUT2D eigenvalue weighted by molar-refractivity contribution is 5.35. The smallest absolute Gasteiger partial charge is 0.150 e. The van der Waals surface area contributed by atoms with Gasteiger partial charge in [-0.2, -0.15) is 5.10 Å². The van der Waals surface area contributed by atoms with E-state index in [2.05, 4.69) is 46.5 Å². The molecule has 16 heavy (non-hydrogen) atoms. The molecular formula is C12H22N4. The Morgan fingerprint density at radius 2 is 2.12 bits per heavy atom. The van der Waals surface area contributed by atoms with E-state index >= 15 is 0 Å². The molecule has 0 saturated carbocycles. The first kappa shape index (κ1) is 12.9. The summed E-state index contributed by atoms with van der Waals surface area (Å²) in [5, 5.41) is 11.6. The van der Waals surface area contributed by atoms with Crippen LogP contribution in [0.1, 0.15) is 25.5 Å². The summed E-state index contributed by atoms with van der Waals surface area (Å²) in [4.78, 5) is 2.14. The van der Waals surface area contributed by atoms with Crippen molar-refractivity contribution in [3.05, 3.63) is 17.8 Å². The lowest BCUT2D eigenvalue weighted by Crippen LogP contribution is -2.23. The van der Waals surface area contributed by atoms with Crippen LogP contribution in [-0.4, -0.2) is 37.4 Å². The quantitative estimate of drug-likeness (QED) is 0.709. The fourth-order valence-corrected chi connectivity index (χ4v) is 1.55. The molecule has 0 radical (unpaired) electrons. The van der Waals surface area contributed by atoms with Gasteiger partial charge in [0, 0.05) is 13.6 Å². The van der Waals surface area contributed by atoms with Gasteiger partial charge in [0.05, 0.1) is 5.69 Å². The monoisotopic (exact) mass is 222 g/mol. The molecule has 0 aromatic carbocycles. The average Bonchev–Trinajstić information content (AvgIpc) is 2.30. The van der Waals surface area contributed by atoms with E-state index in [1.165, 1.54) is 0 Å². The Morgan fingerprint density at radius 1 is 1.31 bits per heavy atom. The Balaban J connectivity index is 2.46. The van der Waals surface area contributed by atoms with Crippen molar-refractivity contribution >= 4 is 5.82 Å². The molecule has 1 rings (SSSR count). The highest BCUT2D eigenvalue weighted by Crippen LogP contribution is 2.08. The molecule has 4 nitrogen and oxygen atoms in total. The van der Waals surface area contributed by atoms with Crippen molar-refractivity contribution in [1.82, 2.24) is 15.5 Å². The van der Waals surface area contributed by atoms with Crippen LogP contribution in [-0.2, 0) is 6.42 Å². The normalized spacial score (nSPS) is 10.4. The van der Waals surface area contributed by atoms with Gasteiger partial charge in [-0.15, -0.1) is 5.10 Å². The maximum atomic E-state index is 4.23. The van der Waals surface area contributed by atoms with Crippen molar-refractivity contribution in [2.45, 2.75) is 26.2 Å². The van der Waals surface area contributed by atoms with Gasteiger partial charge in [-0.1, -0.05) is 13.3 Å². The van der Waals surface area contributed by atoms with E-state index in [1.807, 2.05) is 7.05 Å². The minimum Gasteiger partial charge on any atom is -0.358 e. The maximum absolute atomic E-state index is 4.23.